The number of guanidine groups is 1. The summed E-state index contributed by atoms with van der Waals surface area (Å²) in [5, 5.41) is 25.7. The average Bonchev–Trinajstić information content (AvgIpc) is 3.74. The van der Waals surface area contributed by atoms with E-state index in [9.17, 15) is 43.5 Å². The molecule has 2 aliphatic heterocycles. The number of fused-ring (bicyclic) bond motifs is 1. The molecule has 1 saturated heterocycles. The smallest absolute Gasteiger partial charge is 0.290 e. The van der Waals surface area contributed by atoms with Crippen LogP contribution in [0.25, 0.3) is 0 Å². The highest BCUT2D eigenvalue weighted by Crippen LogP contribution is 2.20. The number of carbonyl (C=O) groups excluding carboxylic acids is 8. The van der Waals surface area contributed by atoms with E-state index in [-0.39, 0.29) is 50.5 Å². The Morgan fingerprint density at radius 2 is 1.66 bits per heavy atom. The average molecular weight is 845 g/mol. The summed E-state index contributed by atoms with van der Waals surface area (Å²) < 4.78 is 0. The van der Waals surface area contributed by atoms with Crippen molar-refractivity contribution in [3.05, 3.63) is 77.9 Å². The number of aliphatic imine (C=N–C) groups is 1. The van der Waals surface area contributed by atoms with E-state index in [0.717, 1.165) is 6.08 Å². The van der Waals surface area contributed by atoms with Crippen molar-refractivity contribution in [3.8, 4) is 5.75 Å². The zero-order chi connectivity index (χ0) is 44.6. The number of rotatable bonds is 12. The number of nitrogens with one attached hydrogen (secondary N) is 6. The molecule has 0 radical (unpaired) electrons. The fraction of sp³-hybridized carbons (Fsp3) is 0.452. The SMILES string of the molecule is CC[C@H](C)[C@@H]1NC(=O)C(=O)[C@H](CCCN=C(N)N)NC(=O)[C@@H]2CCCN2C(=O)[C@@H](NC(=O)[C@H](C)NC(=O)c2ccccc2)CNC(=O)/C=C/[C@H](Cc2ccc(O)cc2)NC1=O. The molecule has 2 heterocycles. The first-order valence-electron chi connectivity index (χ1n) is 20.3. The van der Waals surface area contributed by atoms with Gasteiger partial charge in [-0.15, -0.1) is 0 Å². The third-order valence-electron chi connectivity index (χ3n) is 10.5. The van der Waals surface area contributed by atoms with E-state index in [0.29, 0.717) is 24.0 Å². The molecule has 19 nitrogen and oxygen atoms in total. The molecule has 7 amide bonds. The Bertz CT molecular complexity index is 1970. The molecule has 4 rings (SSSR count). The van der Waals surface area contributed by atoms with Crippen LogP contribution in [0.1, 0.15) is 68.8 Å². The van der Waals surface area contributed by atoms with E-state index >= 15 is 0 Å². The summed E-state index contributed by atoms with van der Waals surface area (Å²) >= 11 is 0. The minimum absolute atomic E-state index is 0.0163. The van der Waals surface area contributed by atoms with E-state index < -0.39 is 95.8 Å². The van der Waals surface area contributed by atoms with Gasteiger partial charge in [0.05, 0.1) is 12.1 Å². The number of benzene rings is 2. The molecule has 2 aromatic carbocycles. The van der Waals surface area contributed by atoms with Crippen LogP contribution in [-0.2, 0) is 40.0 Å². The summed E-state index contributed by atoms with van der Waals surface area (Å²) in [4.78, 5) is 115. The molecular formula is C42H56N10O9. The lowest BCUT2D eigenvalue weighted by molar-refractivity contribution is -0.144. The van der Waals surface area contributed by atoms with Gasteiger partial charge in [-0.2, -0.15) is 0 Å². The van der Waals surface area contributed by atoms with Crippen LogP contribution in [0.2, 0.25) is 0 Å². The third-order valence-corrected chi connectivity index (χ3v) is 10.5. The molecule has 0 spiro atoms. The largest absolute Gasteiger partial charge is 0.508 e. The Labute approximate surface area is 353 Å². The number of nitrogens with zero attached hydrogens (tertiary/aromatic N) is 2. The van der Waals surface area contributed by atoms with Crippen LogP contribution in [0.15, 0.2) is 71.7 Å². The number of aromatic hydroxyl groups is 1. The second-order valence-corrected chi connectivity index (χ2v) is 15.1. The number of nitrogens with two attached hydrogens (primary N) is 2. The van der Waals surface area contributed by atoms with Crippen LogP contribution in [0.5, 0.6) is 5.75 Å². The molecule has 1 fully saturated rings. The summed E-state index contributed by atoms with van der Waals surface area (Å²) in [7, 11) is 0. The molecule has 7 atom stereocenters. The first kappa shape index (κ1) is 46.9. The van der Waals surface area contributed by atoms with Gasteiger partial charge in [0.1, 0.15) is 29.9 Å². The van der Waals surface area contributed by atoms with Crippen molar-refractivity contribution in [3.63, 3.8) is 0 Å². The zero-order valence-corrected chi connectivity index (χ0v) is 34.5. The zero-order valence-electron chi connectivity index (χ0n) is 34.5. The Balaban J connectivity index is 1.70. The van der Waals surface area contributed by atoms with Crippen LogP contribution in [-0.4, -0.2) is 119 Å². The van der Waals surface area contributed by atoms with Crippen molar-refractivity contribution in [1.82, 2.24) is 36.8 Å². The van der Waals surface area contributed by atoms with E-state index in [1.54, 1.807) is 56.3 Å². The molecule has 11 N–H and O–H groups in total. The maximum Gasteiger partial charge on any atom is 0.290 e. The number of Topliss-reactive ketones (excluding diaryl/α,β-unsaturated/α-hetero) is 1. The highest BCUT2D eigenvalue weighted by atomic mass is 16.3. The summed E-state index contributed by atoms with van der Waals surface area (Å²) in [5.41, 5.74) is 11.9. The summed E-state index contributed by atoms with van der Waals surface area (Å²) in [6.45, 7) is 4.67. The normalized spacial score (nSPS) is 23.3. The summed E-state index contributed by atoms with van der Waals surface area (Å²) in [5.74, 6) is -6.93. The lowest BCUT2D eigenvalue weighted by Gasteiger charge is -2.30. The first-order valence-corrected chi connectivity index (χ1v) is 20.3. The molecular weight excluding hydrogens is 789 g/mol. The second kappa shape index (κ2) is 22.5. The lowest BCUT2D eigenvalue weighted by atomic mass is 9.96. The van der Waals surface area contributed by atoms with Crippen LogP contribution < -0.4 is 43.4 Å². The Kier molecular flexibility index (Phi) is 17.3. The van der Waals surface area contributed by atoms with Crippen molar-refractivity contribution >= 4 is 53.1 Å². The quantitative estimate of drug-likeness (QED) is 0.0543. The fourth-order valence-corrected chi connectivity index (χ4v) is 6.84. The van der Waals surface area contributed by atoms with Crippen LogP contribution >= 0.6 is 0 Å². The number of ketones is 1. The molecule has 0 saturated carbocycles. The minimum Gasteiger partial charge on any atom is -0.508 e. The molecule has 61 heavy (non-hydrogen) atoms. The second-order valence-electron chi connectivity index (χ2n) is 15.1. The Hall–Kier alpha value is -6.79. The standard InChI is InChI=1S/C42H56N10O9/c1-4-24(2)34-39(59)48-28(22-26-14-17-29(53)18-15-26)16-19-33(54)46-23-31(50-36(56)25(3)47-37(57)27-10-6-5-7-11-27)41(61)52-21-9-13-32(52)38(58)49-30(35(55)40(60)51-34)12-8-20-45-42(43)44/h5-7,10-11,14-19,24-25,28,30-32,34,53H,4,8-9,12-13,20-23H2,1-3H3,(H,46,54)(H,47,57)(H,48,59)(H,49,58)(H,50,56)(H,51,60)(H4,43,44,45)/b19-16+/t24-,25-,28+,30-,31-,32-,34-/m0/s1. The number of carbonyl (C=O) groups is 8. The predicted molar refractivity (Wildman–Crippen MR) is 224 cm³/mol. The summed E-state index contributed by atoms with van der Waals surface area (Å²) in [6.07, 6.45) is 3.77. The van der Waals surface area contributed by atoms with E-state index in [1.807, 2.05) is 0 Å². The highest BCUT2D eigenvalue weighted by Gasteiger charge is 2.40. The van der Waals surface area contributed by atoms with Crippen molar-refractivity contribution < 1.29 is 43.5 Å². The number of hydrogen-bond donors (Lipinski definition) is 9. The lowest BCUT2D eigenvalue weighted by Crippen LogP contribution is -2.60. The minimum atomic E-state index is -1.43. The van der Waals surface area contributed by atoms with Gasteiger partial charge in [-0.3, -0.25) is 43.3 Å². The number of phenolic OH excluding ortho intramolecular Hbond substituents is 1. The molecule has 0 aromatic heterocycles. The van der Waals surface area contributed by atoms with Crippen LogP contribution in [0.4, 0.5) is 0 Å². The fourth-order valence-electron chi connectivity index (χ4n) is 6.84. The van der Waals surface area contributed by atoms with E-state index in [4.69, 9.17) is 11.5 Å². The van der Waals surface area contributed by atoms with Crippen molar-refractivity contribution in [1.29, 1.82) is 0 Å². The molecule has 0 bridgehead atoms. The molecule has 0 unspecified atom stereocenters. The summed E-state index contributed by atoms with van der Waals surface area (Å²) in [6, 6.07) is 7.20. The number of amides is 7. The van der Waals surface area contributed by atoms with E-state index in [1.165, 1.54) is 30.0 Å². The van der Waals surface area contributed by atoms with Gasteiger partial charge in [0, 0.05) is 31.3 Å². The predicted octanol–water partition coefficient (Wildman–Crippen LogP) is -0.962. The van der Waals surface area contributed by atoms with Crippen molar-refractivity contribution in [2.45, 2.75) is 95.5 Å². The first-order chi connectivity index (χ1) is 29.1. The van der Waals surface area contributed by atoms with Crippen molar-refractivity contribution in [2.75, 3.05) is 19.6 Å². The van der Waals surface area contributed by atoms with Gasteiger partial charge in [0.25, 0.3) is 11.8 Å². The van der Waals surface area contributed by atoms with E-state index in [2.05, 4.69) is 36.9 Å². The van der Waals surface area contributed by atoms with Crippen LogP contribution in [0.3, 0.4) is 0 Å². The highest BCUT2D eigenvalue weighted by molar-refractivity contribution is 6.38. The van der Waals surface area contributed by atoms with Gasteiger partial charge >= 0.3 is 0 Å². The molecule has 19 heteroatoms. The number of hydrogen-bond acceptors (Lipinski definition) is 10. The Morgan fingerprint density at radius 1 is 0.951 bits per heavy atom. The Morgan fingerprint density at radius 3 is 2.33 bits per heavy atom. The molecule has 2 aliphatic rings. The van der Waals surface area contributed by atoms with Crippen molar-refractivity contribution in [2.24, 2.45) is 22.4 Å². The van der Waals surface area contributed by atoms with Crippen LogP contribution in [0, 0.1) is 5.92 Å². The van der Waals surface area contributed by atoms with Gasteiger partial charge in [-0.05, 0) is 74.8 Å². The van der Waals surface area contributed by atoms with Gasteiger partial charge in [-0.25, -0.2) is 0 Å². The third kappa shape index (κ3) is 13.9. The molecule has 0 aliphatic carbocycles. The topological polar surface area (TPSA) is 297 Å². The van der Waals surface area contributed by atoms with Gasteiger partial charge in [0.2, 0.25) is 35.3 Å². The molecule has 2 aromatic rings. The van der Waals surface area contributed by atoms with Gasteiger partial charge in [0.15, 0.2) is 5.96 Å². The molecule has 328 valence electrons. The number of phenols is 1. The monoisotopic (exact) mass is 844 g/mol. The maximum atomic E-state index is 14.3. The van der Waals surface area contributed by atoms with Gasteiger partial charge < -0.3 is 53.4 Å². The maximum absolute atomic E-state index is 14.3. The van der Waals surface area contributed by atoms with Gasteiger partial charge in [-0.1, -0.05) is 56.7 Å².